The van der Waals surface area contributed by atoms with Crippen LogP contribution < -0.4 is 0 Å². The number of hydrogen-bond donors (Lipinski definition) is 0. The third kappa shape index (κ3) is 3.56. The molecule has 0 aliphatic heterocycles. The van der Waals surface area contributed by atoms with E-state index < -0.39 is 0 Å². The zero-order chi connectivity index (χ0) is 4.83. The van der Waals surface area contributed by atoms with Crippen LogP contribution in [-0.2, 0) is 4.94 Å². The van der Waals surface area contributed by atoms with E-state index in [0.29, 0.717) is 0 Å². The van der Waals surface area contributed by atoms with Crippen molar-refractivity contribution in [1.82, 2.24) is 0 Å². The van der Waals surface area contributed by atoms with E-state index in [1.165, 1.54) is 0 Å². The Labute approximate surface area is 34.1 Å². The van der Waals surface area contributed by atoms with Crippen LogP contribution in [0.5, 0.6) is 0 Å². The second-order valence-corrected chi connectivity index (χ2v) is 0.637. The van der Waals surface area contributed by atoms with E-state index in [-0.39, 0.29) is 12.9 Å². The van der Waals surface area contributed by atoms with E-state index in [1.807, 2.05) is 0 Å². The molecular weight excluding hydrogens is 90.0 g/mol. The average molecular weight is 94.1 g/mol. The highest BCUT2D eigenvalue weighted by Crippen LogP contribution is 1.75. The van der Waals surface area contributed by atoms with Gasteiger partial charge in [0, 0.05) is 0 Å². The fourth-order valence-electron chi connectivity index (χ4n) is 0.0727. The summed E-state index contributed by atoms with van der Waals surface area (Å²) in [4.78, 5) is 2.96. The van der Waals surface area contributed by atoms with Crippen molar-refractivity contribution in [3.05, 3.63) is 12.4 Å². The molecule has 0 saturated carbocycles. The van der Waals surface area contributed by atoms with Crippen molar-refractivity contribution in [3.8, 4) is 0 Å². The molecule has 0 aliphatic carbocycles. The maximum absolute atomic E-state index is 10.8. The number of halogens is 2. The van der Waals surface area contributed by atoms with E-state index in [1.54, 1.807) is 0 Å². The van der Waals surface area contributed by atoms with Gasteiger partial charge in [0.2, 0.25) is 0 Å². The van der Waals surface area contributed by atoms with Crippen molar-refractivity contribution in [2.45, 2.75) is 0 Å². The van der Waals surface area contributed by atoms with Crippen LogP contribution in [0.1, 0.15) is 0 Å². The van der Waals surface area contributed by atoms with Gasteiger partial charge in [-0.1, -0.05) is 0 Å². The van der Waals surface area contributed by atoms with E-state index in [0.717, 1.165) is 6.08 Å². The van der Waals surface area contributed by atoms with E-state index in [4.69, 9.17) is 0 Å². The molecular formula is C3H4F2O. The quantitative estimate of drug-likeness (QED) is 0.502. The first kappa shape index (κ1) is 5.56. The van der Waals surface area contributed by atoms with Crippen LogP contribution in [0.15, 0.2) is 12.4 Å². The summed E-state index contributed by atoms with van der Waals surface area (Å²) in [5.41, 5.74) is 0. The lowest BCUT2D eigenvalue weighted by atomic mass is 10.7. The van der Waals surface area contributed by atoms with Gasteiger partial charge in [0.05, 0.1) is 6.33 Å². The molecule has 1 nitrogen and oxygen atoms in total. The van der Waals surface area contributed by atoms with Gasteiger partial charge in [0.25, 0.3) is 0 Å². The molecule has 0 N–H and O–H groups in total. The van der Waals surface area contributed by atoms with Crippen LogP contribution in [0.2, 0.25) is 0 Å². The fraction of sp³-hybridized carbons (Fsp3) is 0.333. The van der Waals surface area contributed by atoms with Crippen molar-refractivity contribution < 1.29 is 13.9 Å². The van der Waals surface area contributed by atoms with Crippen molar-refractivity contribution in [2.24, 2.45) is 0 Å². The Morgan fingerprint density at radius 3 is 2.50 bits per heavy atom. The van der Waals surface area contributed by atoms with E-state index in [9.17, 15) is 8.92 Å². The van der Waals surface area contributed by atoms with Crippen molar-refractivity contribution in [1.29, 1.82) is 0 Å². The number of rotatable bonds is 2. The molecule has 0 aromatic heterocycles. The molecule has 36 valence electrons. The molecule has 0 saturated heterocycles. The van der Waals surface area contributed by atoms with Gasteiger partial charge in [-0.25, -0.2) is 4.39 Å². The van der Waals surface area contributed by atoms with E-state index >= 15 is 0 Å². The lowest BCUT2D eigenvalue weighted by Crippen LogP contribution is -1.71. The first-order valence-electron chi connectivity index (χ1n) is 1.40. The third-order valence-corrected chi connectivity index (χ3v) is 0.248. The molecule has 0 heterocycles. The van der Waals surface area contributed by atoms with Crippen LogP contribution in [0.4, 0.5) is 8.92 Å². The van der Waals surface area contributed by atoms with Gasteiger partial charge in [-0.3, -0.25) is 0 Å². The minimum Gasteiger partial charge on any atom is -0.216 e. The maximum atomic E-state index is 10.8. The van der Waals surface area contributed by atoms with Gasteiger partial charge in [0.1, 0.15) is 6.61 Å². The van der Waals surface area contributed by atoms with Crippen LogP contribution in [0.3, 0.4) is 0 Å². The lowest BCUT2D eigenvalue weighted by molar-refractivity contribution is -0.118. The van der Waals surface area contributed by atoms with Gasteiger partial charge in [-0.15, -0.1) is 0 Å². The van der Waals surface area contributed by atoms with Crippen LogP contribution in [0, 0.1) is 0 Å². The molecule has 0 atom stereocenters. The van der Waals surface area contributed by atoms with Crippen molar-refractivity contribution in [3.63, 3.8) is 0 Å². The predicted octanol–water partition coefficient (Wildman–Crippen LogP) is 1.37. The van der Waals surface area contributed by atoms with Gasteiger partial charge >= 0.3 is 0 Å². The molecule has 0 bridgehead atoms. The first-order chi connectivity index (χ1) is 2.91. The Balaban J connectivity index is 2.66. The lowest BCUT2D eigenvalue weighted by Gasteiger charge is -1.73. The molecule has 0 amide bonds. The summed E-state index contributed by atoms with van der Waals surface area (Å²) in [5.74, 6) is 0. The van der Waals surface area contributed by atoms with Crippen LogP contribution in [0.25, 0.3) is 0 Å². The highest BCUT2D eigenvalue weighted by atomic mass is 19.3. The summed E-state index contributed by atoms with van der Waals surface area (Å²) in [5, 5.41) is 0. The fourth-order valence-corrected chi connectivity index (χ4v) is 0.0727. The summed E-state index contributed by atoms with van der Waals surface area (Å²) < 4.78 is 21.2. The molecule has 3 heteroatoms. The third-order valence-electron chi connectivity index (χ3n) is 0.248. The Kier molecular flexibility index (Phi) is 4.23. The van der Waals surface area contributed by atoms with Crippen molar-refractivity contribution in [2.75, 3.05) is 6.61 Å². The minimum atomic E-state index is -0.309. The summed E-state index contributed by atoms with van der Waals surface area (Å²) in [6, 6.07) is 0. The molecule has 0 radical (unpaired) electrons. The molecule has 0 rings (SSSR count). The second-order valence-electron chi connectivity index (χ2n) is 0.637. The molecule has 0 aliphatic rings. The first-order valence-corrected chi connectivity index (χ1v) is 1.40. The molecule has 0 spiro atoms. The van der Waals surface area contributed by atoms with Crippen molar-refractivity contribution >= 4 is 0 Å². The maximum Gasteiger partial charge on any atom is 0.108 e. The summed E-state index contributed by atoms with van der Waals surface area (Å²) >= 11 is 0. The minimum absolute atomic E-state index is 0.222. The molecule has 0 aromatic carbocycles. The molecule has 0 fully saturated rings. The van der Waals surface area contributed by atoms with Gasteiger partial charge in [0.15, 0.2) is 0 Å². The smallest absolute Gasteiger partial charge is 0.108 e. The average Bonchev–Trinajstić information content (AvgIpc) is 1.61. The Morgan fingerprint density at radius 1 is 1.67 bits per heavy atom. The Bertz CT molecular complexity index is 44.1. The normalized spacial score (nSPS) is 10.3. The molecule has 0 unspecified atom stereocenters. The number of hydrogen-bond acceptors (Lipinski definition) is 1. The molecule has 6 heavy (non-hydrogen) atoms. The summed E-state index contributed by atoms with van der Waals surface area (Å²) in [7, 11) is 0. The van der Waals surface area contributed by atoms with Crippen LogP contribution >= 0.6 is 0 Å². The summed E-state index contributed by atoms with van der Waals surface area (Å²) in [6.07, 6.45) is 1.14. The monoisotopic (exact) mass is 94.0 g/mol. The second kappa shape index (κ2) is 4.56. The molecule has 0 aromatic rings. The van der Waals surface area contributed by atoms with Gasteiger partial charge < -0.3 is 0 Å². The topological polar surface area (TPSA) is 9.23 Å². The Hall–Kier alpha value is -0.440. The van der Waals surface area contributed by atoms with Gasteiger partial charge in [-0.05, 0) is 10.6 Å². The predicted molar refractivity (Wildman–Crippen MR) is 17.3 cm³/mol. The zero-order valence-electron chi connectivity index (χ0n) is 3.03. The van der Waals surface area contributed by atoms with Gasteiger partial charge in [-0.2, -0.15) is 4.94 Å². The largest absolute Gasteiger partial charge is 0.216 e. The van der Waals surface area contributed by atoms with E-state index in [2.05, 4.69) is 4.94 Å². The highest BCUT2D eigenvalue weighted by Gasteiger charge is 1.69. The standard InChI is InChI=1S/C3H4F2O/c4-2-1-3-6-5/h1-2H,3H2. The summed E-state index contributed by atoms with van der Waals surface area (Å²) in [6.45, 7) is -0.309. The Morgan fingerprint density at radius 2 is 2.33 bits per heavy atom. The zero-order valence-corrected chi connectivity index (χ0v) is 3.03. The highest BCUT2D eigenvalue weighted by molar-refractivity contribution is 4.69. The van der Waals surface area contributed by atoms with Crippen LogP contribution in [-0.4, -0.2) is 6.61 Å². The SMILES string of the molecule is FC=CCOF.